The molecule has 1 heteroatoms. The fourth-order valence-electron chi connectivity index (χ4n) is 1.57. The van der Waals surface area contributed by atoms with Crippen LogP contribution in [0.15, 0.2) is 0 Å². The summed E-state index contributed by atoms with van der Waals surface area (Å²) >= 11 is 0. The summed E-state index contributed by atoms with van der Waals surface area (Å²) in [5.41, 5.74) is 0. The van der Waals surface area contributed by atoms with E-state index < -0.39 is 0 Å². The third-order valence-electron chi connectivity index (χ3n) is 2.23. The maximum atomic E-state index is 3.31. The van der Waals surface area contributed by atoms with Crippen molar-refractivity contribution >= 4 is 0 Å². The van der Waals surface area contributed by atoms with Crippen molar-refractivity contribution in [3.05, 3.63) is 0 Å². The minimum Gasteiger partial charge on any atom is -0.317 e. The van der Waals surface area contributed by atoms with Crippen LogP contribution in [0.3, 0.4) is 0 Å². The molecule has 0 heterocycles. The van der Waals surface area contributed by atoms with E-state index in [9.17, 15) is 0 Å². The van der Waals surface area contributed by atoms with Crippen LogP contribution in [-0.4, -0.2) is 13.1 Å². The van der Waals surface area contributed by atoms with E-state index in [0.717, 1.165) is 12.0 Å². The van der Waals surface area contributed by atoms with Gasteiger partial charge in [0.2, 0.25) is 0 Å². The van der Waals surface area contributed by atoms with Gasteiger partial charge in [0.15, 0.2) is 0 Å². The maximum absolute atomic E-state index is 3.31. The third kappa shape index (κ3) is 2.70. The molecule has 0 radical (unpaired) electrons. The molecule has 1 fully saturated rings. The van der Waals surface area contributed by atoms with Gasteiger partial charge in [-0.2, -0.15) is 0 Å². The van der Waals surface area contributed by atoms with Gasteiger partial charge in [0.25, 0.3) is 0 Å². The van der Waals surface area contributed by atoms with Gasteiger partial charge in [0.05, 0.1) is 0 Å². The Morgan fingerprint density at radius 2 is 1.80 bits per heavy atom. The van der Waals surface area contributed by atoms with Crippen molar-refractivity contribution in [2.24, 2.45) is 5.92 Å². The molecule has 1 aliphatic carbocycles. The second-order valence-electron chi connectivity index (χ2n) is 2.80. The summed E-state index contributed by atoms with van der Waals surface area (Å²) in [4.78, 5) is 0. The molecule has 62 valence electrons. The van der Waals surface area contributed by atoms with Gasteiger partial charge in [0, 0.05) is 6.04 Å². The van der Waals surface area contributed by atoms with E-state index in [-0.39, 0.29) is 0 Å². The molecule has 1 aliphatic rings. The van der Waals surface area contributed by atoms with E-state index in [1.165, 1.54) is 19.3 Å². The topological polar surface area (TPSA) is 12.0 Å². The van der Waals surface area contributed by atoms with E-state index >= 15 is 0 Å². The monoisotopic (exact) mass is 143 g/mol. The molecule has 0 amide bonds. The normalized spacial score (nSPS) is 31.2. The van der Waals surface area contributed by atoms with Gasteiger partial charge in [-0.1, -0.05) is 27.2 Å². The average Bonchev–Trinajstić information content (AvgIpc) is 2.39. The van der Waals surface area contributed by atoms with Gasteiger partial charge >= 0.3 is 0 Å². The number of nitrogens with one attached hydrogen (secondary N) is 1. The zero-order chi connectivity index (χ0) is 7.98. The quantitative estimate of drug-likeness (QED) is 0.594. The molecule has 0 aromatic heterocycles. The average molecular weight is 143 g/mol. The van der Waals surface area contributed by atoms with E-state index in [4.69, 9.17) is 0 Å². The van der Waals surface area contributed by atoms with Crippen molar-refractivity contribution in [1.82, 2.24) is 5.32 Å². The van der Waals surface area contributed by atoms with Gasteiger partial charge in [0.1, 0.15) is 0 Å². The molecule has 0 saturated heterocycles. The third-order valence-corrected chi connectivity index (χ3v) is 2.23. The molecule has 10 heavy (non-hydrogen) atoms. The highest BCUT2D eigenvalue weighted by Crippen LogP contribution is 2.23. The first-order valence-electron chi connectivity index (χ1n) is 4.52. The lowest BCUT2D eigenvalue weighted by Gasteiger charge is -2.12. The molecule has 1 nitrogen and oxygen atoms in total. The molecule has 0 aromatic rings. The van der Waals surface area contributed by atoms with Crippen LogP contribution in [0.25, 0.3) is 0 Å². The van der Waals surface area contributed by atoms with Crippen LogP contribution in [0.1, 0.15) is 40.0 Å². The highest BCUT2D eigenvalue weighted by Gasteiger charge is 2.20. The maximum Gasteiger partial charge on any atom is 0.00896 e. The number of hydrogen-bond acceptors (Lipinski definition) is 1. The lowest BCUT2D eigenvalue weighted by Crippen LogP contribution is -2.26. The summed E-state index contributed by atoms with van der Waals surface area (Å²) in [7, 11) is 2.06. The summed E-state index contributed by atoms with van der Waals surface area (Å²) in [6.45, 7) is 6.33. The van der Waals surface area contributed by atoms with E-state index in [0.29, 0.717) is 0 Å². The molecule has 0 aromatic carbocycles. The molecule has 2 atom stereocenters. The first kappa shape index (κ1) is 9.96. The Balaban J connectivity index is 0.000000371. The summed E-state index contributed by atoms with van der Waals surface area (Å²) in [5, 5.41) is 3.31. The van der Waals surface area contributed by atoms with Gasteiger partial charge in [-0.15, -0.1) is 0 Å². The van der Waals surface area contributed by atoms with Crippen LogP contribution in [-0.2, 0) is 0 Å². The van der Waals surface area contributed by atoms with Crippen molar-refractivity contribution in [3.63, 3.8) is 0 Å². The Morgan fingerprint density at radius 1 is 1.20 bits per heavy atom. The van der Waals surface area contributed by atoms with Crippen molar-refractivity contribution in [3.8, 4) is 0 Å². The fourth-order valence-corrected chi connectivity index (χ4v) is 1.57. The smallest absolute Gasteiger partial charge is 0.00896 e. The van der Waals surface area contributed by atoms with Crippen molar-refractivity contribution in [2.45, 2.75) is 46.1 Å². The number of hydrogen-bond donors (Lipinski definition) is 1. The fraction of sp³-hybridized carbons (Fsp3) is 1.00. The molecule has 1 N–H and O–H groups in total. The van der Waals surface area contributed by atoms with Crippen LogP contribution in [0, 0.1) is 5.92 Å². The second-order valence-corrected chi connectivity index (χ2v) is 2.80. The predicted molar refractivity (Wildman–Crippen MR) is 47.2 cm³/mol. The molecular weight excluding hydrogens is 122 g/mol. The lowest BCUT2D eigenvalue weighted by atomic mass is 10.1. The molecule has 0 bridgehead atoms. The Morgan fingerprint density at radius 3 is 2.00 bits per heavy atom. The van der Waals surface area contributed by atoms with Crippen LogP contribution >= 0.6 is 0 Å². The zero-order valence-electron chi connectivity index (χ0n) is 7.78. The van der Waals surface area contributed by atoms with Crippen LogP contribution < -0.4 is 5.32 Å². The first-order valence-corrected chi connectivity index (χ1v) is 4.52. The van der Waals surface area contributed by atoms with Crippen molar-refractivity contribution in [1.29, 1.82) is 0 Å². The minimum absolute atomic E-state index is 0.815. The molecule has 0 spiro atoms. The lowest BCUT2D eigenvalue weighted by molar-refractivity contribution is 0.459. The van der Waals surface area contributed by atoms with Gasteiger partial charge in [-0.05, 0) is 25.8 Å². The number of rotatable bonds is 1. The summed E-state index contributed by atoms with van der Waals surface area (Å²) in [6.07, 6.45) is 4.23. The van der Waals surface area contributed by atoms with Gasteiger partial charge < -0.3 is 5.32 Å². The Kier molecular flexibility index (Phi) is 5.70. The second kappa shape index (κ2) is 5.72. The Hall–Kier alpha value is -0.0400. The summed E-state index contributed by atoms with van der Waals surface area (Å²) in [5.74, 6) is 0.917. The highest BCUT2D eigenvalue weighted by molar-refractivity contribution is 4.78. The highest BCUT2D eigenvalue weighted by atomic mass is 14.9. The standard InChI is InChI=1S/C7H15N.C2H6/c1-6-4-3-5-7(6)8-2;1-2/h6-8H,3-5H2,1-2H3;1-2H3. The summed E-state index contributed by atoms with van der Waals surface area (Å²) in [6, 6.07) is 0.815. The van der Waals surface area contributed by atoms with Crippen molar-refractivity contribution in [2.75, 3.05) is 7.05 Å². The van der Waals surface area contributed by atoms with Gasteiger partial charge in [-0.25, -0.2) is 0 Å². The SMILES string of the molecule is CC.CNC1CCCC1C. The molecule has 1 saturated carbocycles. The Labute approximate surface area is 65.2 Å². The predicted octanol–water partition coefficient (Wildman–Crippen LogP) is 2.42. The van der Waals surface area contributed by atoms with E-state index in [1.54, 1.807) is 0 Å². The van der Waals surface area contributed by atoms with Crippen LogP contribution in [0.2, 0.25) is 0 Å². The molecular formula is C9H21N. The Bertz CT molecular complexity index is 71.1. The summed E-state index contributed by atoms with van der Waals surface area (Å²) < 4.78 is 0. The van der Waals surface area contributed by atoms with E-state index in [2.05, 4.69) is 19.3 Å². The first-order chi connectivity index (χ1) is 4.84. The van der Waals surface area contributed by atoms with Crippen LogP contribution in [0.4, 0.5) is 0 Å². The van der Waals surface area contributed by atoms with Crippen molar-refractivity contribution < 1.29 is 0 Å². The molecule has 1 rings (SSSR count). The molecule has 0 aliphatic heterocycles. The largest absolute Gasteiger partial charge is 0.317 e. The zero-order valence-corrected chi connectivity index (χ0v) is 7.78. The van der Waals surface area contributed by atoms with Gasteiger partial charge in [-0.3, -0.25) is 0 Å². The molecule has 2 unspecified atom stereocenters. The van der Waals surface area contributed by atoms with Crippen LogP contribution in [0.5, 0.6) is 0 Å². The van der Waals surface area contributed by atoms with E-state index in [1.807, 2.05) is 13.8 Å². The minimum atomic E-state index is 0.815.